The Bertz CT molecular complexity index is 567. The summed E-state index contributed by atoms with van der Waals surface area (Å²) in [5.74, 6) is -1.77. The Balaban J connectivity index is 2.01. The minimum Gasteiger partial charge on any atom is -0.444 e. The number of hydrogen-bond donors (Lipinski definition) is 0. The first-order valence-corrected chi connectivity index (χ1v) is 7.85. The van der Waals surface area contributed by atoms with Crippen LogP contribution in [0.15, 0.2) is 16.6 Å². The molecular weight excluding hydrogens is 358 g/mol. The smallest absolute Gasteiger partial charge is 0.410 e. The number of nitrogens with zero attached hydrogens (tertiary/aromatic N) is 2. The van der Waals surface area contributed by atoms with Crippen molar-refractivity contribution in [1.82, 2.24) is 4.90 Å². The summed E-state index contributed by atoms with van der Waals surface area (Å²) >= 11 is 2.96. The second-order valence-corrected chi connectivity index (χ2v) is 7.00. The van der Waals surface area contributed by atoms with E-state index in [0.717, 1.165) is 0 Å². The number of piperazine rings is 1. The van der Waals surface area contributed by atoms with Gasteiger partial charge in [0.2, 0.25) is 0 Å². The van der Waals surface area contributed by atoms with Crippen molar-refractivity contribution >= 4 is 27.7 Å². The molecule has 0 radical (unpaired) electrons. The fourth-order valence-electron chi connectivity index (χ4n) is 2.22. The lowest BCUT2D eigenvalue weighted by Crippen LogP contribution is -2.50. The van der Waals surface area contributed by atoms with Crippen molar-refractivity contribution in [3.8, 4) is 0 Å². The third-order valence-electron chi connectivity index (χ3n) is 3.29. The molecular formula is C15H19BrF2N2O2. The van der Waals surface area contributed by atoms with E-state index in [1.54, 1.807) is 30.6 Å². The van der Waals surface area contributed by atoms with Crippen LogP contribution >= 0.6 is 15.9 Å². The molecule has 1 amide bonds. The molecule has 7 heteroatoms. The van der Waals surface area contributed by atoms with Gasteiger partial charge in [0.15, 0.2) is 11.6 Å². The van der Waals surface area contributed by atoms with Crippen LogP contribution in [-0.2, 0) is 4.74 Å². The lowest BCUT2D eigenvalue weighted by molar-refractivity contribution is 0.0240. The first-order valence-electron chi connectivity index (χ1n) is 7.05. The van der Waals surface area contributed by atoms with E-state index in [4.69, 9.17) is 4.74 Å². The SMILES string of the molecule is CC(C)(C)OC(=O)N1CCN(c2ccc(Br)c(F)c2F)CC1. The predicted molar refractivity (Wildman–Crippen MR) is 84.1 cm³/mol. The summed E-state index contributed by atoms with van der Waals surface area (Å²) in [6.45, 7) is 7.09. The largest absolute Gasteiger partial charge is 0.444 e. The highest BCUT2D eigenvalue weighted by atomic mass is 79.9. The van der Waals surface area contributed by atoms with Crippen LogP contribution in [0, 0.1) is 11.6 Å². The van der Waals surface area contributed by atoms with Crippen LogP contribution in [0.1, 0.15) is 20.8 Å². The zero-order valence-electron chi connectivity index (χ0n) is 12.8. The van der Waals surface area contributed by atoms with Crippen molar-refractivity contribution in [2.75, 3.05) is 31.1 Å². The normalized spacial score (nSPS) is 15.9. The average Bonchev–Trinajstić information content (AvgIpc) is 2.43. The molecule has 22 heavy (non-hydrogen) atoms. The van der Waals surface area contributed by atoms with Gasteiger partial charge in [0.25, 0.3) is 0 Å². The van der Waals surface area contributed by atoms with Gasteiger partial charge in [-0.3, -0.25) is 0 Å². The van der Waals surface area contributed by atoms with Crippen LogP contribution in [0.2, 0.25) is 0 Å². The Kier molecular flexibility index (Phi) is 4.94. The molecule has 0 aliphatic carbocycles. The lowest BCUT2D eigenvalue weighted by Gasteiger charge is -2.36. The van der Waals surface area contributed by atoms with Gasteiger partial charge < -0.3 is 14.5 Å². The molecule has 1 aromatic carbocycles. The van der Waals surface area contributed by atoms with Crippen LogP contribution in [0.4, 0.5) is 19.3 Å². The summed E-state index contributed by atoms with van der Waals surface area (Å²) in [4.78, 5) is 15.3. The average molecular weight is 377 g/mol. The van der Waals surface area contributed by atoms with E-state index in [2.05, 4.69) is 15.9 Å². The maximum Gasteiger partial charge on any atom is 0.410 e. The topological polar surface area (TPSA) is 32.8 Å². The highest BCUT2D eigenvalue weighted by Crippen LogP contribution is 2.28. The molecule has 2 rings (SSSR count). The molecule has 4 nitrogen and oxygen atoms in total. The van der Waals surface area contributed by atoms with Crippen LogP contribution in [0.3, 0.4) is 0 Å². The molecule has 0 atom stereocenters. The quantitative estimate of drug-likeness (QED) is 0.699. The molecule has 1 saturated heterocycles. The van der Waals surface area contributed by atoms with Crippen molar-refractivity contribution < 1.29 is 18.3 Å². The van der Waals surface area contributed by atoms with E-state index in [-0.39, 0.29) is 16.3 Å². The Morgan fingerprint density at radius 1 is 1.14 bits per heavy atom. The monoisotopic (exact) mass is 376 g/mol. The summed E-state index contributed by atoms with van der Waals surface area (Å²) in [7, 11) is 0. The van der Waals surface area contributed by atoms with Gasteiger partial charge in [-0.05, 0) is 48.8 Å². The van der Waals surface area contributed by atoms with Gasteiger partial charge in [-0.1, -0.05) is 0 Å². The second kappa shape index (κ2) is 6.40. The Morgan fingerprint density at radius 3 is 2.27 bits per heavy atom. The number of carbonyl (C=O) groups excluding carboxylic acids is 1. The Morgan fingerprint density at radius 2 is 1.73 bits per heavy atom. The van der Waals surface area contributed by atoms with Crippen molar-refractivity contribution in [1.29, 1.82) is 0 Å². The molecule has 1 aliphatic rings. The van der Waals surface area contributed by atoms with Crippen LogP contribution in [0.25, 0.3) is 0 Å². The van der Waals surface area contributed by atoms with Crippen LogP contribution in [-0.4, -0.2) is 42.8 Å². The van der Waals surface area contributed by atoms with Gasteiger partial charge in [-0.25, -0.2) is 13.6 Å². The van der Waals surface area contributed by atoms with E-state index < -0.39 is 17.2 Å². The third kappa shape index (κ3) is 3.88. The highest BCUT2D eigenvalue weighted by Gasteiger charge is 2.27. The number of hydrogen-bond acceptors (Lipinski definition) is 3. The molecule has 0 aromatic heterocycles. The first-order chi connectivity index (χ1) is 10.2. The van der Waals surface area contributed by atoms with Crippen molar-refractivity contribution in [3.63, 3.8) is 0 Å². The number of ether oxygens (including phenoxy) is 1. The molecule has 0 spiro atoms. The van der Waals surface area contributed by atoms with Gasteiger partial charge >= 0.3 is 6.09 Å². The summed E-state index contributed by atoms with van der Waals surface area (Å²) in [5, 5.41) is 0. The van der Waals surface area contributed by atoms with Gasteiger partial charge in [-0.2, -0.15) is 0 Å². The molecule has 0 bridgehead atoms. The zero-order chi connectivity index (χ0) is 16.5. The van der Waals surface area contributed by atoms with Gasteiger partial charge in [0, 0.05) is 26.2 Å². The van der Waals surface area contributed by atoms with E-state index in [0.29, 0.717) is 26.2 Å². The van der Waals surface area contributed by atoms with Crippen LogP contribution in [0.5, 0.6) is 0 Å². The summed E-state index contributed by atoms with van der Waals surface area (Å²) in [5.41, 5.74) is -0.334. The second-order valence-electron chi connectivity index (χ2n) is 6.15. The standard InChI is InChI=1S/C15H19BrF2N2O2/c1-15(2,3)22-14(21)20-8-6-19(7-9-20)11-5-4-10(16)12(17)13(11)18/h4-5H,6-9H2,1-3H3. The molecule has 0 saturated carbocycles. The Labute approximate surface area is 137 Å². The fourth-order valence-corrected chi connectivity index (χ4v) is 2.52. The molecule has 0 N–H and O–H groups in total. The molecule has 1 heterocycles. The van der Waals surface area contributed by atoms with Gasteiger partial charge in [-0.15, -0.1) is 0 Å². The lowest BCUT2D eigenvalue weighted by atomic mass is 10.2. The Hall–Kier alpha value is -1.37. The number of benzene rings is 1. The minimum absolute atomic E-state index is 0.0983. The summed E-state index contributed by atoms with van der Waals surface area (Å²) in [6, 6.07) is 3.01. The van der Waals surface area contributed by atoms with E-state index in [1.165, 1.54) is 12.1 Å². The number of anilines is 1. The van der Waals surface area contributed by atoms with E-state index in [9.17, 15) is 13.6 Å². The molecule has 1 aliphatic heterocycles. The van der Waals surface area contributed by atoms with Crippen molar-refractivity contribution in [3.05, 3.63) is 28.2 Å². The predicted octanol–water partition coefficient (Wildman–Crippen LogP) is 3.78. The molecule has 1 aromatic rings. The number of halogens is 3. The maximum absolute atomic E-state index is 14.0. The number of carbonyl (C=O) groups is 1. The first kappa shape index (κ1) is 17.0. The third-order valence-corrected chi connectivity index (χ3v) is 3.90. The fraction of sp³-hybridized carbons (Fsp3) is 0.533. The molecule has 1 fully saturated rings. The summed E-state index contributed by atoms with van der Waals surface area (Å²) < 4.78 is 33.0. The molecule has 0 unspecified atom stereocenters. The maximum atomic E-state index is 14.0. The van der Waals surface area contributed by atoms with Crippen LogP contribution < -0.4 is 4.90 Å². The van der Waals surface area contributed by atoms with Gasteiger partial charge in [0.1, 0.15) is 5.60 Å². The number of rotatable bonds is 1. The number of amides is 1. The van der Waals surface area contributed by atoms with Crippen molar-refractivity contribution in [2.24, 2.45) is 0 Å². The van der Waals surface area contributed by atoms with Gasteiger partial charge in [0.05, 0.1) is 10.2 Å². The highest BCUT2D eigenvalue weighted by molar-refractivity contribution is 9.10. The zero-order valence-corrected chi connectivity index (χ0v) is 14.4. The molecule has 122 valence electrons. The van der Waals surface area contributed by atoms with E-state index >= 15 is 0 Å². The summed E-state index contributed by atoms with van der Waals surface area (Å²) in [6.07, 6.45) is -0.380. The van der Waals surface area contributed by atoms with Crippen molar-refractivity contribution in [2.45, 2.75) is 26.4 Å². The van der Waals surface area contributed by atoms with E-state index in [1.807, 2.05) is 0 Å². The minimum atomic E-state index is -0.896.